The molecule has 0 spiro atoms. The van der Waals surface area contributed by atoms with E-state index >= 15 is 0 Å². The molecule has 2 aliphatic rings. The van der Waals surface area contributed by atoms with Crippen molar-refractivity contribution in [3.63, 3.8) is 0 Å². The van der Waals surface area contributed by atoms with Gasteiger partial charge in [0.15, 0.2) is 0 Å². The molecule has 0 aliphatic carbocycles. The summed E-state index contributed by atoms with van der Waals surface area (Å²) < 4.78 is 0. The number of carbonyl (C=O) groups excluding carboxylic acids is 2. The summed E-state index contributed by atoms with van der Waals surface area (Å²) >= 11 is 24.9. The van der Waals surface area contributed by atoms with E-state index in [0.717, 1.165) is 57.5 Å². The first-order chi connectivity index (χ1) is 19.6. The van der Waals surface area contributed by atoms with Crippen LogP contribution in [0, 0.1) is 0 Å². The summed E-state index contributed by atoms with van der Waals surface area (Å²) in [7, 11) is 5.05. The fraction of sp³-hybridized carbons (Fsp3) is 0.483. The van der Waals surface area contributed by atoms with Gasteiger partial charge in [-0.2, -0.15) is 0 Å². The van der Waals surface area contributed by atoms with Crippen molar-refractivity contribution in [3.8, 4) is 0 Å². The van der Waals surface area contributed by atoms with E-state index < -0.39 is 0 Å². The normalized spacial score (nSPS) is 17.7. The fourth-order valence-electron chi connectivity index (χ4n) is 5.56. The van der Waals surface area contributed by atoms with E-state index in [4.69, 9.17) is 51.2 Å². The van der Waals surface area contributed by atoms with Gasteiger partial charge in [0, 0.05) is 67.8 Å². The Kier molecular flexibility index (Phi) is 11.1. The standard InChI is InChI=1S/C29H35Cl4N5O3/c1-35-12-13-38(29(35)40)23-6-9-37(10-7-23)11-8-24(19-4-5-25(32)26(33)16-19)27(34-41-3)18-36(2)28(39)20-14-21(30)17-22(31)15-20/h4-5,14-17,23-24H,6-13,18H2,1-3H3/b34-27-. The number of halogens is 4. The highest BCUT2D eigenvalue weighted by Gasteiger charge is 2.34. The topological polar surface area (TPSA) is 68.7 Å². The van der Waals surface area contributed by atoms with E-state index in [0.29, 0.717) is 31.4 Å². The average molecular weight is 643 g/mol. The van der Waals surface area contributed by atoms with Crippen molar-refractivity contribution >= 4 is 64.1 Å². The van der Waals surface area contributed by atoms with Crippen molar-refractivity contribution in [2.24, 2.45) is 5.16 Å². The fourth-order valence-corrected chi connectivity index (χ4v) is 6.39. The Balaban J connectivity index is 1.48. The molecule has 0 radical (unpaired) electrons. The Bertz CT molecular complexity index is 1260. The number of likely N-dealkylation sites (tertiary alicyclic amines) is 1. The molecule has 8 nitrogen and oxygen atoms in total. The van der Waals surface area contributed by atoms with Crippen LogP contribution in [0.1, 0.15) is 41.1 Å². The van der Waals surface area contributed by atoms with Crippen LogP contribution >= 0.6 is 46.4 Å². The van der Waals surface area contributed by atoms with E-state index in [1.165, 1.54) is 7.11 Å². The summed E-state index contributed by atoms with van der Waals surface area (Å²) in [5, 5.41) is 6.07. The number of hydrogen-bond donors (Lipinski definition) is 0. The maximum atomic E-state index is 13.3. The van der Waals surface area contributed by atoms with Gasteiger partial charge >= 0.3 is 6.03 Å². The third-order valence-corrected chi connectivity index (χ3v) is 8.97. The van der Waals surface area contributed by atoms with E-state index in [9.17, 15) is 9.59 Å². The van der Waals surface area contributed by atoms with Gasteiger partial charge in [-0.15, -0.1) is 0 Å². The highest BCUT2D eigenvalue weighted by atomic mass is 35.5. The Morgan fingerprint density at radius 2 is 1.71 bits per heavy atom. The molecule has 12 heteroatoms. The monoisotopic (exact) mass is 641 g/mol. The quantitative estimate of drug-likeness (QED) is 0.223. The molecule has 2 aromatic carbocycles. The molecule has 1 unspecified atom stereocenters. The number of oxime groups is 1. The van der Waals surface area contributed by atoms with E-state index in [-0.39, 0.29) is 30.4 Å². The number of hydrogen-bond acceptors (Lipinski definition) is 5. The number of benzene rings is 2. The molecule has 3 amide bonds. The second-order valence-corrected chi connectivity index (χ2v) is 12.3. The average Bonchev–Trinajstić information content (AvgIpc) is 3.27. The number of rotatable bonds is 10. The highest BCUT2D eigenvalue weighted by Crippen LogP contribution is 2.31. The summed E-state index contributed by atoms with van der Waals surface area (Å²) in [6, 6.07) is 10.7. The SMILES string of the molecule is CO/N=C(/CN(C)C(=O)c1cc(Cl)cc(Cl)c1)C(CCN1CCC(N2CCN(C)C2=O)CC1)c1ccc(Cl)c(Cl)c1. The lowest BCUT2D eigenvalue weighted by Gasteiger charge is -2.37. The predicted molar refractivity (Wildman–Crippen MR) is 166 cm³/mol. The summed E-state index contributed by atoms with van der Waals surface area (Å²) in [6.45, 7) is 4.40. The molecule has 4 rings (SSSR count). The molecule has 2 fully saturated rings. The van der Waals surface area contributed by atoms with E-state index in [1.807, 2.05) is 24.1 Å². The van der Waals surface area contributed by atoms with Crippen LogP contribution < -0.4 is 0 Å². The third kappa shape index (κ3) is 7.99. The number of likely N-dealkylation sites (N-methyl/N-ethyl adjacent to an activating group) is 1. The minimum atomic E-state index is -0.240. The van der Waals surface area contributed by atoms with Gasteiger partial charge < -0.3 is 24.4 Å². The molecule has 2 heterocycles. The number of amides is 3. The Hall–Kier alpha value is -2.23. The van der Waals surface area contributed by atoms with Crippen LogP contribution in [0.5, 0.6) is 0 Å². The lowest BCUT2D eigenvalue weighted by atomic mass is 9.89. The van der Waals surface area contributed by atoms with Crippen molar-refractivity contribution in [3.05, 3.63) is 67.6 Å². The Morgan fingerprint density at radius 1 is 1.02 bits per heavy atom. The molecule has 2 aromatic rings. The molecule has 0 N–H and O–H groups in total. The van der Waals surface area contributed by atoms with Gasteiger partial charge in [0.2, 0.25) is 0 Å². The number of piperidine rings is 1. The van der Waals surface area contributed by atoms with Crippen LogP contribution in [0.15, 0.2) is 41.6 Å². The van der Waals surface area contributed by atoms with Crippen molar-refractivity contribution < 1.29 is 14.4 Å². The van der Waals surface area contributed by atoms with Crippen LogP contribution in [-0.2, 0) is 4.84 Å². The smallest absolute Gasteiger partial charge is 0.320 e. The van der Waals surface area contributed by atoms with Gasteiger partial charge in [-0.3, -0.25) is 4.79 Å². The Labute approximate surface area is 261 Å². The predicted octanol–water partition coefficient (Wildman–Crippen LogP) is 6.38. The second kappa shape index (κ2) is 14.3. The maximum Gasteiger partial charge on any atom is 0.320 e. The number of nitrogens with zero attached hydrogens (tertiary/aromatic N) is 5. The van der Waals surface area contributed by atoms with Crippen LogP contribution in [0.4, 0.5) is 4.79 Å². The summed E-state index contributed by atoms with van der Waals surface area (Å²) in [5.74, 6) is -0.426. The molecule has 2 aliphatic heterocycles. The molecular formula is C29H35Cl4N5O3. The molecular weight excluding hydrogens is 608 g/mol. The van der Waals surface area contributed by atoms with Crippen LogP contribution in [0.25, 0.3) is 0 Å². The summed E-state index contributed by atoms with van der Waals surface area (Å²) in [5.41, 5.74) is 2.00. The molecule has 0 saturated carbocycles. The van der Waals surface area contributed by atoms with Crippen molar-refractivity contribution in [2.45, 2.75) is 31.2 Å². The molecule has 0 aromatic heterocycles. The van der Waals surface area contributed by atoms with Crippen LogP contribution in [0.2, 0.25) is 20.1 Å². The van der Waals surface area contributed by atoms with Crippen molar-refractivity contribution in [1.29, 1.82) is 0 Å². The van der Waals surface area contributed by atoms with E-state index in [1.54, 1.807) is 41.1 Å². The van der Waals surface area contributed by atoms with Crippen molar-refractivity contribution in [1.82, 2.24) is 19.6 Å². The molecule has 1 atom stereocenters. The second-order valence-electron chi connectivity index (χ2n) is 10.6. The van der Waals surface area contributed by atoms with Gasteiger partial charge in [0.25, 0.3) is 5.91 Å². The van der Waals surface area contributed by atoms with Crippen LogP contribution in [-0.4, -0.2) is 104 Å². The largest absolute Gasteiger partial charge is 0.399 e. The maximum absolute atomic E-state index is 13.3. The lowest BCUT2D eigenvalue weighted by molar-refractivity contribution is 0.0812. The van der Waals surface area contributed by atoms with Gasteiger partial charge in [0.1, 0.15) is 7.11 Å². The zero-order valence-electron chi connectivity index (χ0n) is 23.5. The molecule has 41 heavy (non-hydrogen) atoms. The first-order valence-corrected chi connectivity index (χ1v) is 15.1. The summed E-state index contributed by atoms with van der Waals surface area (Å²) in [4.78, 5) is 38.8. The van der Waals surface area contributed by atoms with Gasteiger partial charge in [-0.25, -0.2) is 4.79 Å². The van der Waals surface area contributed by atoms with Crippen LogP contribution in [0.3, 0.4) is 0 Å². The highest BCUT2D eigenvalue weighted by molar-refractivity contribution is 6.42. The minimum absolute atomic E-state index is 0.127. The zero-order chi connectivity index (χ0) is 29.7. The van der Waals surface area contributed by atoms with E-state index in [2.05, 4.69) is 10.1 Å². The number of carbonyl (C=O) groups is 2. The first-order valence-electron chi connectivity index (χ1n) is 13.6. The first kappa shape index (κ1) is 31.7. The third-order valence-electron chi connectivity index (χ3n) is 7.79. The lowest BCUT2D eigenvalue weighted by Crippen LogP contribution is -2.46. The molecule has 2 saturated heterocycles. The van der Waals surface area contributed by atoms with Gasteiger partial charge in [-0.1, -0.05) is 57.6 Å². The summed E-state index contributed by atoms with van der Waals surface area (Å²) in [6.07, 6.45) is 2.60. The minimum Gasteiger partial charge on any atom is -0.399 e. The Morgan fingerprint density at radius 3 is 2.29 bits per heavy atom. The molecule has 222 valence electrons. The van der Waals surface area contributed by atoms with Gasteiger partial charge in [-0.05, 0) is 61.7 Å². The van der Waals surface area contributed by atoms with Gasteiger partial charge in [0.05, 0.1) is 22.3 Å². The van der Waals surface area contributed by atoms with Crippen molar-refractivity contribution in [2.75, 3.05) is 60.5 Å². The number of urea groups is 1. The molecule has 0 bridgehead atoms. The zero-order valence-corrected chi connectivity index (χ0v) is 26.5.